The van der Waals surface area contributed by atoms with Gasteiger partial charge in [0.25, 0.3) is 5.91 Å². The molecule has 1 aromatic carbocycles. The lowest BCUT2D eigenvalue weighted by molar-refractivity contribution is 0.102. The van der Waals surface area contributed by atoms with Gasteiger partial charge in [0.1, 0.15) is 5.69 Å². The number of thiazole rings is 1. The highest BCUT2D eigenvalue weighted by molar-refractivity contribution is 7.15. The van der Waals surface area contributed by atoms with Crippen molar-refractivity contribution < 1.29 is 4.79 Å². The highest BCUT2D eigenvalue weighted by atomic mass is 35.5. The monoisotopic (exact) mass is 419 g/mol. The molecule has 1 amide bonds. The number of hydrogen-bond donors (Lipinski definition) is 1. The molecule has 1 N–H and O–H groups in total. The maximum absolute atomic E-state index is 12.2. The van der Waals surface area contributed by atoms with Crippen LogP contribution in [0.3, 0.4) is 0 Å². The van der Waals surface area contributed by atoms with Crippen LogP contribution in [-0.4, -0.2) is 32.3 Å². The van der Waals surface area contributed by atoms with Crippen molar-refractivity contribution in [2.24, 2.45) is 0 Å². The zero-order valence-electron chi connectivity index (χ0n) is 14.2. The first-order chi connectivity index (χ1) is 13.1. The zero-order chi connectivity index (χ0) is 18.8. The van der Waals surface area contributed by atoms with E-state index < -0.39 is 0 Å². The Balaban J connectivity index is 1.43. The van der Waals surface area contributed by atoms with Gasteiger partial charge in [0.05, 0.1) is 21.9 Å². The minimum Gasteiger partial charge on any atom is -0.296 e. The van der Waals surface area contributed by atoms with E-state index >= 15 is 0 Å². The van der Waals surface area contributed by atoms with E-state index in [-0.39, 0.29) is 11.6 Å². The van der Waals surface area contributed by atoms with E-state index in [9.17, 15) is 4.79 Å². The summed E-state index contributed by atoms with van der Waals surface area (Å²) in [6.07, 6.45) is 5.29. The zero-order valence-corrected chi connectivity index (χ0v) is 16.5. The molecule has 0 radical (unpaired) electrons. The van der Waals surface area contributed by atoms with Crippen LogP contribution in [0.15, 0.2) is 36.8 Å². The number of carbonyl (C=O) groups is 1. The average molecular weight is 420 g/mol. The third-order valence-corrected chi connectivity index (χ3v) is 5.95. The number of carbonyl (C=O) groups excluding carboxylic acids is 1. The molecule has 2 aromatic heterocycles. The molecule has 0 spiro atoms. The van der Waals surface area contributed by atoms with Gasteiger partial charge in [-0.2, -0.15) is 0 Å². The number of benzene rings is 1. The second-order valence-electron chi connectivity index (χ2n) is 6.14. The molecule has 138 valence electrons. The van der Waals surface area contributed by atoms with E-state index in [1.807, 2.05) is 18.2 Å². The summed E-state index contributed by atoms with van der Waals surface area (Å²) in [5.41, 5.74) is 2.43. The predicted octanol–water partition coefficient (Wildman–Crippen LogP) is 4.05. The van der Waals surface area contributed by atoms with Crippen molar-refractivity contribution in [3.8, 4) is 0 Å². The molecule has 4 rings (SSSR count). The molecule has 27 heavy (non-hydrogen) atoms. The summed E-state index contributed by atoms with van der Waals surface area (Å²) in [6.45, 7) is 2.47. The first-order valence-corrected chi connectivity index (χ1v) is 9.88. The first-order valence-electron chi connectivity index (χ1n) is 8.31. The van der Waals surface area contributed by atoms with E-state index in [1.54, 1.807) is 0 Å². The standard InChI is InChI=1S/C18H15Cl2N5OS/c19-12-2-1-11(7-13(12)20)9-25-6-3-14-16(10-25)27-18(23-14)24-17(26)15-8-21-4-5-22-15/h1-2,4-5,7-8H,3,6,9-10H2,(H,23,24,26). The molecule has 6 nitrogen and oxygen atoms in total. The van der Waals surface area contributed by atoms with Crippen LogP contribution in [0.25, 0.3) is 0 Å². The van der Waals surface area contributed by atoms with Gasteiger partial charge in [-0.05, 0) is 17.7 Å². The Hall–Kier alpha value is -2.06. The van der Waals surface area contributed by atoms with Crippen molar-refractivity contribution in [2.45, 2.75) is 19.5 Å². The predicted molar refractivity (Wildman–Crippen MR) is 106 cm³/mol. The van der Waals surface area contributed by atoms with Crippen molar-refractivity contribution >= 4 is 45.6 Å². The minimum atomic E-state index is -0.304. The molecule has 0 aliphatic carbocycles. The quantitative estimate of drug-likeness (QED) is 0.690. The largest absolute Gasteiger partial charge is 0.296 e. The van der Waals surface area contributed by atoms with Crippen LogP contribution in [-0.2, 0) is 19.5 Å². The van der Waals surface area contributed by atoms with E-state index in [1.165, 1.54) is 29.9 Å². The fourth-order valence-electron chi connectivity index (χ4n) is 2.91. The Labute approximate surface area is 170 Å². The van der Waals surface area contributed by atoms with Gasteiger partial charge < -0.3 is 0 Å². The molecule has 3 heterocycles. The molecule has 0 bridgehead atoms. The van der Waals surface area contributed by atoms with Crippen LogP contribution in [0.4, 0.5) is 5.13 Å². The van der Waals surface area contributed by atoms with Crippen molar-refractivity contribution in [3.05, 3.63) is 68.7 Å². The number of rotatable bonds is 4. The molecule has 0 saturated carbocycles. The summed E-state index contributed by atoms with van der Waals surface area (Å²) >= 11 is 13.6. The van der Waals surface area contributed by atoms with E-state index in [0.29, 0.717) is 15.2 Å². The highest BCUT2D eigenvalue weighted by Gasteiger charge is 2.22. The number of amides is 1. The van der Waals surface area contributed by atoms with Gasteiger partial charge in [-0.25, -0.2) is 9.97 Å². The second-order valence-corrected chi connectivity index (χ2v) is 8.04. The Morgan fingerprint density at radius 1 is 1.26 bits per heavy atom. The third-order valence-electron chi connectivity index (χ3n) is 4.22. The molecule has 0 unspecified atom stereocenters. The summed E-state index contributed by atoms with van der Waals surface area (Å²) in [5.74, 6) is -0.304. The Morgan fingerprint density at radius 2 is 2.15 bits per heavy atom. The average Bonchev–Trinajstić information content (AvgIpc) is 3.07. The first kappa shape index (κ1) is 18.3. The number of halogens is 2. The van der Waals surface area contributed by atoms with Crippen LogP contribution >= 0.6 is 34.5 Å². The van der Waals surface area contributed by atoms with Crippen LogP contribution in [0, 0.1) is 0 Å². The normalized spacial score (nSPS) is 14.0. The van der Waals surface area contributed by atoms with Crippen molar-refractivity contribution in [3.63, 3.8) is 0 Å². The minimum absolute atomic E-state index is 0.270. The van der Waals surface area contributed by atoms with Gasteiger partial charge in [0.15, 0.2) is 5.13 Å². The molecular formula is C18H15Cl2N5OS. The number of anilines is 1. The number of hydrogen-bond acceptors (Lipinski definition) is 6. The summed E-state index contributed by atoms with van der Waals surface area (Å²) < 4.78 is 0. The van der Waals surface area contributed by atoms with Gasteiger partial charge in [0.2, 0.25) is 0 Å². The van der Waals surface area contributed by atoms with Crippen molar-refractivity contribution in [2.75, 3.05) is 11.9 Å². The molecule has 9 heteroatoms. The molecule has 1 aliphatic heterocycles. The van der Waals surface area contributed by atoms with Gasteiger partial charge in [-0.1, -0.05) is 29.3 Å². The molecule has 1 aliphatic rings. The molecule has 0 fully saturated rings. The van der Waals surface area contributed by atoms with Crippen molar-refractivity contribution in [1.82, 2.24) is 19.9 Å². The Bertz CT molecular complexity index is 979. The molecule has 0 atom stereocenters. The molecular weight excluding hydrogens is 405 g/mol. The van der Waals surface area contributed by atoms with Gasteiger partial charge in [0, 0.05) is 43.3 Å². The summed E-state index contributed by atoms with van der Waals surface area (Å²) in [7, 11) is 0. The lowest BCUT2D eigenvalue weighted by atomic mass is 10.1. The van der Waals surface area contributed by atoms with Crippen LogP contribution in [0.2, 0.25) is 10.0 Å². The maximum Gasteiger partial charge on any atom is 0.277 e. The van der Waals surface area contributed by atoms with Gasteiger partial charge in [-0.3, -0.25) is 20.0 Å². The number of nitrogens with zero attached hydrogens (tertiary/aromatic N) is 4. The fourth-order valence-corrected chi connectivity index (χ4v) is 4.28. The number of aromatic nitrogens is 3. The van der Waals surface area contributed by atoms with Crippen LogP contribution < -0.4 is 5.32 Å². The number of fused-ring (bicyclic) bond motifs is 1. The summed E-state index contributed by atoms with van der Waals surface area (Å²) in [5, 5.41) is 4.53. The second kappa shape index (κ2) is 7.90. The lowest BCUT2D eigenvalue weighted by Crippen LogP contribution is -2.29. The topological polar surface area (TPSA) is 71.0 Å². The maximum atomic E-state index is 12.2. The van der Waals surface area contributed by atoms with E-state index in [4.69, 9.17) is 23.2 Å². The molecule has 0 saturated heterocycles. The Morgan fingerprint density at radius 3 is 2.93 bits per heavy atom. The summed E-state index contributed by atoms with van der Waals surface area (Å²) in [6, 6.07) is 5.71. The molecule has 3 aromatic rings. The summed E-state index contributed by atoms with van der Waals surface area (Å²) in [4.78, 5) is 28.2. The highest BCUT2D eigenvalue weighted by Crippen LogP contribution is 2.30. The van der Waals surface area contributed by atoms with E-state index in [0.717, 1.165) is 42.2 Å². The number of nitrogens with one attached hydrogen (secondary N) is 1. The lowest BCUT2D eigenvalue weighted by Gasteiger charge is -2.25. The smallest absolute Gasteiger partial charge is 0.277 e. The fraction of sp³-hybridized carbons (Fsp3) is 0.222. The van der Waals surface area contributed by atoms with Crippen LogP contribution in [0.5, 0.6) is 0 Å². The van der Waals surface area contributed by atoms with E-state index in [2.05, 4.69) is 25.2 Å². The van der Waals surface area contributed by atoms with Gasteiger partial charge >= 0.3 is 0 Å². The van der Waals surface area contributed by atoms with Gasteiger partial charge in [-0.15, -0.1) is 11.3 Å². The Kier molecular flexibility index (Phi) is 5.36. The third kappa shape index (κ3) is 4.27. The van der Waals surface area contributed by atoms with Crippen LogP contribution in [0.1, 0.15) is 26.6 Å². The SMILES string of the molecule is O=C(Nc1nc2c(s1)CN(Cc1ccc(Cl)c(Cl)c1)CC2)c1cnccn1. The van der Waals surface area contributed by atoms with Crippen molar-refractivity contribution in [1.29, 1.82) is 0 Å².